The molecule has 68 valence electrons. The van der Waals surface area contributed by atoms with E-state index in [-0.39, 0.29) is 11.7 Å². The molecule has 2 atom stereocenters. The first-order chi connectivity index (χ1) is 5.46. The van der Waals surface area contributed by atoms with Crippen molar-refractivity contribution >= 4 is 11.8 Å². The van der Waals surface area contributed by atoms with Crippen molar-refractivity contribution in [2.24, 2.45) is 11.3 Å². The zero-order chi connectivity index (χ0) is 9.35. The molecule has 0 spiro atoms. The fourth-order valence-electron chi connectivity index (χ4n) is 1.78. The van der Waals surface area contributed by atoms with E-state index in [2.05, 4.69) is 0 Å². The van der Waals surface area contributed by atoms with Crippen LogP contribution in [0.15, 0.2) is 0 Å². The molecule has 3 nitrogen and oxygen atoms in total. The molecule has 0 aromatic carbocycles. The second-order valence-electron chi connectivity index (χ2n) is 3.92. The van der Waals surface area contributed by atoms with Crippen LogP contribution in [0.4, 0.5) is 0 Å². The molecule has 12 heavy (non-hydrogen) atoms. The topological polar surface area (TPSA) is 54.4 Å². The highest BCUT2D eigenvalue weighted by atomic mass is 16.4. The van der Waals surface area contributed by atoms with Gasteiger partial charge in [-0.2, -0.15) is 0 Å². The van der Waals surface area contributed by atoms with Gasteiger partial charge in [0.1, 0.15) is 5.78 Å². The number of Topliss-reactive ketones (excluding diaryl/α,β-unsaturated/α-hetero) is 1. The lowest BCUT2D eigenvalue weighted by atomic mass is 9.87. The van der Waals surface area contributed by atoms with Gasteiger partial charge < -0.3 is 5.11 Å². The summed E-state index contributed by atoms with van der Waals surface area (Å²) in [7, 11) is 0. The molecule has 0 bridgehead atoms. The molecule has 0 unspecified atom stereocenters. The molecule has 0 radical (unpaired) electrons. The molecule has 1 fully saturated rings. The highest BCUT2D eigenvalue weighted by Gasteiger charge is 2.42. The van der Waals surface area contributed by atoms with E-state index in [9.17, 15) is 9.59 Å². The van der Waals surface area contributed by atoms with Crippen molar-refractivity contribution in [1.82, 2.24) is 0 Å². The van der Waals surface area contributed by atoms with Crippen LogP contribution < -0.4 is 0 Å². The summed E-state index contributed by atoms with van der Waals surface area (Å²) in [5.74, 6) is -0.669. The number of carboxylic acid groups (broad SMARTS) is 1. The second-order valence-corrected chi connectivity index (χ2v) is 3.92. The zero-order valence-electron chi connectivity index (χ0n) is 7.46. The summed E-state index contributed by atoms with van der Waals surface area (Å²) in [6, 6.07) is 0. The van der Waals surface area contributed by atoms with Gasteiger partial charge in [-0.3, -0.25) is 9.59 Å². The maximum absolute atomic E-state index is 11.0. The maximum Gasteiger partial charge on any atom is 0.309 e. The molecule has 0 heterocycles. The highest BCUT2D eigenvalue weighted by Crippen LogP contribution is 2.41. The van der Waals surface area contributed by atoms with Gasteiger partial charge in [0.15, 0.2) is 0 Å². The molecule has 1 N–H and O–H groups in total. The van der Waals surface area contributed by atoms with Crippen LogP contribution in [-0.2, 0) is 9.59 Å². The normalized spacial score (nSPS) is 35.0. The largest absolute Gasteiger partial charge is 0.481 e. The van der Waals surface area contributed by atoms with Gasteiger partial charge >= 0.3 is 5.97 Å². The van der Waals surface area contributed by atoms with Crippen LogP contribution in [-0.4, -0.2) is 16.9 Å². The van der Waals surface area contributed by atoms with Crippen molar-refractivity contribution < 1.29 is 14.7 Å². The minimum Gasteiger partial charge on any atom is -0.481 e. The zero-order valence-corrected chi connectivity index (χ0v) is 7.46. The van der Waals surface area contributed by atoms with Crippen LogP contribution in [0.5, 0.6) is 0 Å². The lowest BCUT2D eigenvalue weighted by Crippen LogP contribution is -2.24. The van der Waals surface area contributed by atoms with Crippen LogP contribution in [0.2, 0.25) is 0 Å². The average molecular weight is 170 g/mol. The van der Waals surface area contributed by atoms with E-state index >= 15 is 0 Å². The summed E-state index contributed by atoms with van der Waals surface area (Å²) in [6.07, 6.45) is 1.88. The monoisotopic (exact) mass is 170 g/mol. The minimum absolute atomic E-state index is 0.0221. The fourth-order valence-corrected chi connectivity index (χ4v) is 1.78. The van der Waals surface area contributed by atoms with E-state index in [0.29, 0.717) is 12.8 Å². The Bertz CT molecular complexity index is 222. The number of rotatable bonds is 2. The molecule has 1 aliphatic carbocycles. The summed E-state index contributed by atoms with van der Waals surface area (Å²) >= 11 is 0. The van der Waals surface area contributed by atoms with Crippen molar-refractivity contribution in [1.29, 1.82) is 0 Å². The molecule has 1 aliphatic rings. The SMILES string of the molecule is CC(=O)[C@@H]1CC[C@](C)(C(=O)O)C1. The Morgan fingerprint density at radius 1 is 1.50 bits per heavy atom. The summed E-state index contributed by atoms with van der Waals surface area (Å²) in [6.45, 7) is 3.26. The van der Waals surface area contributed by atoms with Gasteiger partial charge in [-0.25, -0.2) is 0 Å². The van der Waals surface area contributed by atoms with Crippen molar-refractivity contribution in [2.75, 3.05) is 0 Å². The summed E-state index contributed by atoms with van der Waals surface area (Å²) in [4.78, 5) is 21.7. The number of hydrogen-bond acceptors (Lipinski definition) is 2. The molecule has 0 saturated heterocycles. The third kappa shape index (κ3) is 1.49. The second kappa shape index (κ2) is 2.88. The number of ketones is 1. The van der Waals surface area contributed by atoms with Crippen molar-refractivity contribution in [3.8, 4) is 0 Å². The summed E-state index contributed by atoms with van der Waals surface area (Å²) < 4.78 is 0. The Morgan fingerprint density at radius 2 is 2.08 bits per heavy atom. The predicted octanol–water partition coefficient (Wildman–Crippen LogP) is 1.47. The number of hydrogen-bond donors (Lipinski definition) is 1. The van der Waals surface area contributed by atoms with Gasteiger partial charge in [-0.05, 0) is 33.1 Å². The Kier molecular flexibility index (Phi) is 2.22. The first-order valence-electron chi connectivity index (χ1n) is 4.19. The van der Waals surface area contributed by atoms with Gasteiger partial charge in [0.05, 0.1) is 5.41 Å². The molecule has 0 amide bonds. The number of aliphatic carboxylic acids is 1. The van der Waals surface area contributed by atoms with Crippen molar-refractivity contribution in [3.05, 3.63) is 0 Å². The molecule has 0 aliphatic heterocycles. The number of carbonyl (C=O) groups is 2. The third-order valence-electron chi connectivity index (χ3n) is 2.83. The van der Waals surface area contributed by atoms with E-state index in [4.69, 9.17) is 5.11 Å². The van der Waals surface area contributed by atoms with E-state index in [1.807, 2.05) is 0 Å². The van der Waals surface area contributed by atoms with Crippen molar-refractivity contribution in [3.63, 3.8) is 0 Å². The van der Waals surface area contributed by atoms with Crippen LogP contribution in [0.3, 0.4) is 0 Å². The Balaban J connectivity index is 2.67. The van der Waals surface area contributed by atoms with E-state index < -0.39 is 11.4 Å². The molecular formula is C9H14O3. The van der Waals surface area contributed by atoms with Crippen LogP contribution in [0.25, 0.3) is 0 Å². The first kappa shape index (κ1) is 9.23. The molecule has 0 aromatic heterocycles. The molecule has 0 aromatic rings. The number of carboxylic acids is 1. The van der Waals surface area contributed by atoms with Crippen LogP contribution in [0.1, 0.15) is 33.1 Å². The maximum atomic E-state index is 11.0. The van der Waals surface area contributed by atoms with E-state index in [0.717, 1.165) is 6.42 Å². The Labute approximate surface area is 71.8 Å². The lowest BCUT2D eigenvalue weighted by molar-refractivity contribution is -0.147. The minimum atomic E-state index is -0.772. The molecule has 3 heteroatoms. The van der Waals surface area contributed by atoms with Gasteiger partial charge in [0, 0.05) is 5.92 Å². The van der Waals surface area contributed by atoms with Crippen LogP contribution in [0, 0.1) is 11.3 Å². The third-order valence-corrected chi connectivity index (χ3v) is 2.83. The quantitative estimate of drug-likeness (QED) is 0.682. The Hall–Kier alpha value is -0.860. The smallest absolute Gasteiger partial charge is 0.309 e. The molecule has 1 rings (SSSR count). The fraction of sp³-hybridized carbons (Fsp3) is 0.778. The lowest BCUT2D eigenvalue weighted by Gasteiger charge is -2.16. The van der Waals surface area contributed by atoms with Gasteiger partial charge in [0.2, 0.25) is 0 Å². The number of carbonyl (C=O) groups excluding carboxylic acids is 1. The van der Waals surface area contributed by atoms with E-state index in [1.54, 1.807) is 6.92 Å². The molecular weight excluding hydrogens is 156 g/mol. The predicted molar refractivity (Wildman–Crippen MR) is 43.8 cm³/mol. The van der Waals surface area contributed by atoms with E-state index in [1.165, 1.54) is 6.92 Å². The van der Waals surface area contributed by atoms with Gasteiger partial charge in [-0.15, -0.1) is 0 Å². The summed E-state index contributed by atoms with van der Waals surface area (Å²) in [5, 5.41) is 8.86. The highest BCUT2D eigenvalue weighted by molar-refractivity contribution is 5.81. The average Bonchev–Trinajstić information content (AvgIpc) is 2.33. The summed E-state index contributed by atoms with van der Waals surface area (Å²) in [5.41, 5.74) is -0.656. The van der Waals surface area contributed by atoms with Gasteiger partial charge in [0.25, 0.3) is 0 Å². The molecule has 1 saturated carbocycles. The van der Waals surface area contributed by atoms with Gasteiger partial charge in [-0.1, -0.05) is 0 Å². The first-order valence-corrected chi connectivity index (χ1v) is 4.19. The van der Waals surface area contributed by atoms with Crippen LogP contribution >= 0.6 is 0 Å². The Morgan fingerprint density at radius 3 is 2.33 bits per heavy atom. The standard InChI is InChI=1S/C9H14O3/c1-6(10)7-3-4-9(2,5-7)8(11)12/h7H,3-5H2,1-2H3,(H,11,12)/t7-,9+/m1/s1. The van der Waals surface area contributed by atoms with Crippen molar-refractivity contribution in [2.45, 2.75) is 33.1 Å².